The molecule has 2 aliphatic heterocycles. The Balaban J connectivity index is 1.69. The summed E-state index contributed by atoms with van der Waals surface area (Å²) in [7, 11) is 0. The molecule has 2 N–H and O–H groups in total. The van der Waals surface area contributed by atoms with Gasteiger partial charge >= 0.3 is 0 Å². The number of hydrogen-bond acceptors (Lipinski definition) is 3. The summed E-state index contributed by atoms with van der Waals surface area (Å²) >= 11 is 3.38. The third-order valence-electron chi connectivity index (χ3n) is 4.54. The Morgan fingerprint density at radius 1 is 1.25 bits per heavy atom. The van der Waals surface area contributed by atoms with Gasteiger partial charge in [-0.2, -0.15) is 0 Å². The Morgan fingerprint density at radius 2 is 1.92 bits per heavy atom. The van der Waals surface area contributed by atoms with Crippen molar-refractivity contribution in [3.63, 3.8) is 0 Å². The maximum Gasteiger partial charge on any atom is 0.271 e. The number of carbonyl (C=O) groups is 2. The molecule has 2 heterocycles. The van der Waals surface area contributed by atoms with Crippen LogP contribution in [0.3, 0.4) is 0 Å². The van der Waals surface area contributed by atoms with E-state index >= 15 is 0 Å². The Bertz CT molecular complexity index is 651. The summed E-state index contributed by atoms with van der Waals surface area (Å²) in [5.74, 6) is -0.103. The topological polar surface area (TPSA) is 57.1 Å². The van der Waals surface area contributed by atoms with Crippen LogP contribution in [-0.2, 0) is 9.59 Å². The summed E-state index contributed by atoms with van der Waals surface area (Å²) in [4.78, 5) is 28.3. The van der Waals surface area contributed by atoms with Crippen LogP contribution in [0.25, 0.3) is 0 Å². The monoisotopic (exact) mass is 393 g/mol. The molecule has 1 saturated heterocycles. The number of quaternary nitrogens is 1. The minimum atomic E-state index is -0.0749. The minimum Gasteiger partial charge on any atom is -0.332 e. The highest BCUT2D eigenvalue weighted by Crippen LogP contribution is 2.21. The molecule has 1 fully saturated rings. The number of likely N-dealkylation sites (N-methyl/N-ethyl adjacent to an activating group) is 1. The number of amides is 2. The van der Waals surface area contributed by atoms with E-state index in [1.165, 1.54) is 9.91 Å². The predicted octanol–water partition coefficient (Wildman–Crippen LogP) is 0.321. The maximum atomic E-state index is 12.7. The molecule has 2 aliphatic rings. The number of nitrogens with zero attached hydrogens (tertiary/aromatic N) is 2. The summed E-state index contributed by atoms with van der Waals surface area (Å²) in [6.45, 7) is 6.73. The first-order valence-corrected chi connectivity index (χ1v) is 9.06. The van der Waals surface area contributed by atoms with Crippen molar-refractivity contribution < 1.29 is 14.5 Å². The van der Waals surface area contributed by atoms with Crippen LogP contribution >= 0.6 is 15.9 Å². The molecule has 128 valence electrons. The molecule has 1 aromatic rings. The number of carbonyl (C=O) groups excluding carboxylic acids is 2. The normalized spacial score (nSPS) is 19.1. The van der Waals surface area contributed by atoms with E-state index < -0.39 is 0 Å². The van der Waals surface area contributed by atoms with Crippen LogP contribution in [0.2, 0.25) is 0 Å². The number of rotatable bonds is 3. The van der Waals surface area contributed by atoms with E-state index in [-0.39, 0.29) is 18.2 Å². The fourth-order valence-electron chi connectivity index (χ4n) is 2.99. The molecular formula is C17H22BrN4O2+. The molecule has 0 radical (unpaired) electrons. The smallest absolute Gasteiger partial charge is 0.271 e. The van der Waals surface area contributed by atoms with E-state index in [1.54, 1.807) is 6.08 Å². The molecule has 0 bridgehead atoms. The van der Waals surface area contributed by atoms with E-state index in [0.29, 0.717) is 5.70 Å². The number of piperazine rings is 1. The van der Waals surface area contributed by atoms with Gasteiger partial charge in [0.2, 0.25) is 5.91 Å². The number of anilines is 1. The summed E-state index contributed by atoms with van der Waals surface area (Å²) in [5, 5.41) is 1.45. The number of hydrazine groups is 1. The predicted molar refractivity (Wildman–Crippen MR) is 95.3 cm³/mol. The average molecular weight is 394 g/mol. The SMILES string of the molecule is CC[NH+]1CCN(C(=O)C2=CCC(=O)N(c3ccc(Br)cc3)N2)CC1. The van der Waals surface area contributed by atoms with Crippen molar-refractivity contribution in [1.82, 2.24) is 10.3 Å². The van der Waals surface area contributed by atoms with Gasteiger partial charge in [-0.15, -0.1) is 0 Å². The highest BCUT2D eigenvalue weighted by Gasteiger charge is 2.29. The first-order valence-electron chi connectivity index (χ1n) is 8.26. The van der Waals surface area contributed by atoms with E-state index in [4.69, 9.17) is 0 Å². The zero-order chi connectivity index (χ0) is 17.1. The average Bonchev–Trinajstić information content (AvgIpc) is 2.62. The molecule has 3 rings (SSSR count). The van der Waals surface area contributed by atoms with Gasteiger partial charge in [-0.25, -0.2) is 5.01 Å². The number of nitrogens with one attached hydrogen (secondary N) is 2. The number of hydrogen-bond donors (Lipinski definition) is 2. The van der Waals surface area contributed by atoms with Gasteiger partial charge in [0.15, 0.2) is 0 Å². The van der Waals surface area contributed by atoms with Crippen molar-refractivity contribution in [2.24, 2.45) is 0 Å². The fourth-order valence-corrected chi connectivity index (χ4v) is 3.26. The lowest BCUT2D eigenvalue weighted by molar-refractivity contribution is -0.902. The fraction of sp³-hybridized carbons (Fsp3) is 0.412. The molecule has 0 saturated carbocycles. The second-order valence-electron chi connectivity index (χ2n) is 6.04. The van der Waals surface area contributed by atoms with E-state index in [2.05, 4.69) is 28.3 Å². The highest BCUT2D eigenvalue weighted by molar-refractivity contribution is 9.10. The quantitative estimate of drug-likeness (QED) is 0.777. The van der Waals surface area contributed by atoms with Gasteiger partial charge < -0.3 is 9.80 Å². The van der Waals surface area contributed by atoms with E-state index in [0.717, 1.165) is 42.9 Å². The highest BCUT2D eigenvalue weighted by atomic mass is 79.9. The van der Waals surface area contributed by atoms with Gasteiger partial charge in [0.05, 0.1) is 38.4 Å². The second kappa shape index (κ2) is 7.36. The Labute approximate surface area is 150 Å². The van der Waals surface area contributed by atoms with Crippen molar-refractivity contribution >= 4 is 33.4 Å². The standard InChI is InChI=1S/C17H21BrN4O2/c1-2-20-9-11-21(12-10-20)17(24)15-7-8-16(23)22(19-15)14-5-3-13(18)4-6-14/h3-7,19H,2,8-12H2,1H3/p+1. The summed E-state index contributed by atoms with van der Waals surface area (Å²) in [6.07, 6.45) is 1.92. The zero-order valence-corrected chi connectivity index (χ0v) is 15.3. The molecule has 2 amide bonds. The molecule has 0 atom stereocenters. The van der Waals surface area contributed by atoms with Crippen molar-refractivity contribution in [3.8, 4) is 0 Å². The Hall–Kier alpha value is -1.86. The minimum absolute atomic E-state index is 0.0280. The summed E-state index contributed by atoms with van der Waals surface area (Å²) < 4.78 is 0.943. The molecule has 7 heteroatoms. The lowest BCUT2D eigenvalue weighted by Crippen LogP contribution is -3.14. The largest absolute Gasteiger partial charge is 0.332 e. The van der Waals surface area contributed by atoms with Crippen LogP contribution in [-0.4, -0.2) is 49.4 Å². The van der Waals surface area contributed by atoms with Crippen LogP contribution in [0.15, 0.2) is 40.5 Å². The van der Waals surface area contributed by atoms with Gasteiger partial charge in [-0.3, -0.25) is 15.0 Å². The summed E-state index contributed by atoms with van der Waals surface area (Å²) in [5.41, 5.74) is 4.20. The van der Waals surface area contributed by atoms with E-state index in [1.807, 2.05) is 29.2 Å². The third kappa shape index (κ3) is 3.62. The van der Waals surface area contributed by atoms with Crippen LogP contribution in [0, 0.1) is 0 Å². The third-order valence-corrected chi connectivity index (χ3v) is 5.06. The first kappa shape index (κ1) is 17.0. The van der Waals surface area contributed by atoms with Crippen molar-refractivity contribution in [1.29, 1.82) is 0 Å². The lowest BCUT2D eigenvalue weighted by Gasteiger charge is -2.34. The van der Waals surface area contributed by atoms with Gasteiger partial charge in [0.25, 0.3) is 5.91 Å². The van der Waals surface area contributed by atoms with Crippen LogP contribution in [0.1, 0.15) is 13.3 Å². The van der Waals surface area contributed by atoms with Gasteiger partial charge in [-0.1, -0.05) is 15.9 Å². The summed E-state index contributed by atoms with van der Waals surface area (Å²) in [6, 6.07) is 7.42. The van der Waals surface area contributed by atoms with Crippen molar-refractivity contribution in [2.75, 3.05) is 37.7 Å². The zero-order valence-electron chi connectivity index (χ0n) is 13.7. The molecule has 0 aliphatic carbocycles. The van der Waals surface area contributed by atoms with Crippen LogP contribution in [0.4, 0.5) is 5.69 Å². The molecule has 0 aromatic heterocycles. The van der Waals surface area contributed by atoms with Gasteiger partial charge in [-0.05, 0) is 37.3 Å². The number of halogens is 1. The Morgan fingerprint density at radius 3 is 2.54 bits per heavy atom. The van der Waals surface area contributed by atoms with E-state index in [9.17, 15) is 9.59 Å². The van der Waals surface area contributed by atoms with Crippen LogP contribution < -0.4 is 15.3 Å². The first-order chi connectivity index (χ1) is 11.6. The molecule has 24 heavy (non-hydrogen) atoms. The molecule has 0 unspecified atom stereocenters. The van der Waals surface area contributed by atoms with Crippen LogP contribution in [0.5, 0.6) is 0 Å². The molecule has 6 nitrogen and oxygen atoms in total. The van der Waals surface area contributed by atoms with Crippen molar-refractivity contribution in [2.45, 2.75) is 13.3 Å². The lowest BCUT2D eigenvalue weighted by atomic mass is 10.2. The van der Waals surface area contributed by atoms with Crippen molar-refractivity contribution in [3.05, 3.63) is 40.5 Å². The maximum absolute atomic E-state index is 12.7. The van der Waals surface area contributed by atoms with Gasteiger partial charge in [0, 0.05) is 10.9 Å². The Kier molecular flexibility index (Phi) is 5.20. The second-order valence-corrected chi connectivity index (χ2v) is 6.95. The molecule has 0 spiro atoms. The molecule has 1 aromatic carbocycles. The van der Waals surface area contributed by atoms with Gasteiger partial charge in [0.1, 0.15) is 5.70 Å². The molecular weight excluding hydrogens is 372 g/mol. The number of benzene rings is 1.